The van der Waals surface area contributed by atoms with Crippen LogP contribution in [0.4, 0.5) is 0 Å². The highest BCUT2D eigenvalue weighted by atomic mass is 16.5. The quantitative estimate of drug-likeness (QED) is 0.768. The van der Waals surface area contributed by atoms with Gasteiger partial charge in [-0.05, 0) is 42.9 Å². The highest BCUT2D eigenvalue weighted by Gasteiger charge is 2.24. The molecule has 1 aromatic carbocycles. The van der Waals surface area contributed by atoms with Crippen LogP contribution in [0.25, 0.3) is 11.1 Å². The minimum atomic E-state index is -0.427. The van der Waals surface area contributed by atoms with Crippen LogP contribution in [0, 0.1) is 12.3 Å². The van der Waals surface area contributed by atoms with Crippen LogP contribution in [0.2, 0.25) is 0 Å². The molecule has 0 aliphatic heterocycles. The molecule has 2 N–H and O–H groups in total. The number of amides is 1. The highest BCUT2D eigenvalue weighted by molar-refractivity contribution is 6.02. The predicted octanol–water partition coefficient (Wildman–Crippen LogP) is 4.35. The molecule has 0 atom stereocenters. The van der Waals surface area contributed by atoms with Crippen molar-refractivity contribution in [2.24, 2.45) is 11.1 Å². The van der Waals surface area contributed by atoms with E-state index in [1.807, 2.05) is 19.1 Å². The summed E-state index contributed by atoms with van der Waals surface area (Å²) in [7, 11) is 1.36. The molecular weight excluding hydrogens is 340 g/mol. The molecule has 2 aromatic rings. The normalized spacial score (nSPS) is 11.5. The molecule has 5 nitrogen and oxygen atoms in total. The first kappa shape index (κ1) is 20.7. The summed E-state index contributed by atoms with van der Waals surface area (Å²) in [5, 5.41) is 0. The highest BCUT2D eigenvalue weighted by Crippen LogP contribution is 2.34. The summed E-state index contributed by atoms with van der Waals surface area (Å²) in [4.78, 5) is 24.0. The van der Waals surface area contributed by atoms with Gasteiger partial charge < -0.3 is 15.0 Å². The van der Waals surface area contributed by atoms with Gasteiger partial charge in [0.15, 0.2) is 0 Å². The van der Waals surface area contributed by atoms with Crippen molar-refractivity contribution in [1.29, 1.82) is 0 Å². The van der Waals surface area contributed by atoms with Crippen molar-refractivity contribution in [2.45, 2.75) is 54.0 Å². The van der Waals surface area contributed by atoms with E-state index >= 15 is 0 Å². The van der Waals surface area contributed by atoms with Crippen LogP contribution in [0.15, 0.2) is 24.3 Å². The maximum absolute atomic E-state index is 12.3. The number of hydrogen-bond acceptors (Lipinski definition) is 3. The van der Waals surface area contributed by atoms with E-state index < -0.39 is 5.91 Å². The first-order valence-electron chi connectivity index (χ1n) is 9.31. The fourth-order valence-electron chi connectivity index (χ4n) is 3.42. The summed E-state index contributed by atoms with van der Waals surface area (Å²) in [6.07, 6.45) is 1.78. The van der Waals surface area contributed by atoms with Gasteiger partial charge in [0.2, 0.25) is 0 Å². The van der Waals surface area contributed by atoms with E-state index in [0.717, 1.165) is 41.9 Å². The molecule has 0 radical (unpaired) electrons. The predicted molar refractivity (Wildman–Crippen MR) is 108 cm³/mol. The third kappa shape index (κ3) is 4.41. The lowest BCUT2D eigenvalue weighted by molar-refractivity contribution is 0.0600. The number of carbonyl (C=O) groups is 2. The Kier molecular flexibility index (Phi) is 6.14. The molecule has 0 saturated carbocycles. The SMILES string of the molecule is CCc1c(-c2ccc(C(=O)OC)cc2)c(C(N)=O)c(C)n1CCC(C)(C)C. The second-order valence-electron chi connectivity index (χ2n) is 8.03. The Morgan fingerprint density at radius 3 is 2.19 bits per heavy atom. The van der Waals surface area contributed by atoms with Crippen LogP contribution in [-0.4, -0.2) is 23.6 Å². The number of primary amides is 1. The molecule has 0 aliphatic rings. The molecule has 1 aromatic heterocycles. The molecule has 146 valence electrons. The summed E-state index contributed by atoms with van der Waals surface area (Å²) >= 11 is 0. The molecule has 0 spiro atoms. The van der Waals surface area contributed by atoms with E-state index in [0.29, 0.717) is 11.1 Å². The smallest absolute Gasteiger partial charge is 0.337 e. The van der Waals surface area contributed by atoms with Gasteiger partial charge in [-0.25, -0.2) is 4.79 Å². The second-order valence-corrected chi connectivity index (χ2v) is 8.03. The van der Waals surface area contributed by atoms with E-state index in [-0.39, 0.29) is 11.4 Å². The van der Waals surface area contributed by atoms with Crippen LogP contribution in [-0.2, 0) is 17.7 Å². The molecule has 0 unspecified atom stereocenters. The fraction of sp³-hybridized carbons (Fsp3) is 0.455. The van der Waals surface area contributed by atoms with Crippen molar-refractivity contribution in [2.75, 3.05) is 7.11 Å². The van der Waals surface area contributed by atoms with E-state index in [4.69, 9.17) is 10.5 Å². The zero-order valence-corrected chi connectivity index (χ0v) is 17.2. The maximum atomic E-state index is 12.3. The molecule has 5 heteroatoms. The fourth-order valence-corrected chi connectivity index (χ4v) is 3.42. The van der Waals surface area contributed by atoms with E-state index in [9.17, 15) is 9.59 Å². The number of aromatic nitrogens is 1. The van der Waals surface area contributed by atoms with Crippen molar-refractivity contribution >= 4 is 11.9 Å². The number of nitrogens with two attached hydrogens (primary N) is 1. The number of nitrogens with zero attached hydrogens (tertiary/aromatic N) is 1. The van der Waals surface area contributed by atoms with Crippen LogP contribution in [0.3, 0.4) is 0 Å². The summed E-state index contributed by atoms with van der Waals surface area (Å²) in [5.41, 5.74) is 10.7. The van der Waals surface area contributed by atoms with Crippen LogP contribution < -0.4 is 5.73 Å². The molecule has 1 heterocycles. The third-order valence-electron chi connectivity index (χ3n) is 4.89. The summed E-state index contributed by atoms with van der Waals surface area (Å²) in [6.45, 7) is 11.5. The molecule has 0 bridgehead atoms. The van der Waals surface area contributed by atoms with E-state index in [2.05, 4.69) is 32.3 Å². The van der Waals surface area contributed by atoms with Gasteiger partial charge in [-0.15, -0.1) is 0 Å². The van der Waals surface area contributed by atoms with Gasteiger partial charge in [0, 0.05) is 23.5 Å². The average Bonchev–Trinajstić information content (AvgIpc) is 2.90. The zero-order valence-electron chi connectivity index (χ0n) is 17.2. The summed E-state index contributed by atoms with van der Waals surface area (Å²) < 4.78 is 6.98. The monoisotopic (exact) mass is 370 g/mol. The van der Waals surface area contributed by atoms with Gasteiger partial charge >= 0.3 is 5.97 Å². The minimum Gasteiger partial charge on any atom is -0.465 e. The van der Waals surface area contributed by atoms with Crippen molar-refractivity contribution in [3.63, 3.8) is 0 Å². The molecule has 0 aliphatic carbocycles. The number of carbonyl (C=O) groups excluding carboxylic acids is 2. The second kappa shape index (κ2) is 7.99. The van der Waals surface area contributed by atoms with Gasteiger partial charge in [0.05, 0.1) is 18.2 Å². The zero-order chi connectivity index (χ0) is 20.4. The van der Waals surface area contributed by atoms with E-state index in [1.54, 1.807) is 12.1 Å². The number of hydrogen-bond donors (Lipinski definition) is 1. The Labute approximate surface area is 161 Å². The third-order valence-corrected chi connectivity index (χ3v) is 4.89. The van der Waals surface area contributed by atoms with Crippen LogP contribution in [0.1, 0.15) is 66.2 Å². The number of esters is 1. The average molecular weight is 370 g/mol. The first-order chi connectivity index (χ1) is 12.6. The molecule has 0 fully saturated rings. The molecule has 27 heavy (non-hydrogen) atoms. The van der Waals surface area contributed by atoms with E-state index in [1.165, 1.54) is 7.11 Å². The lowest BCUT2D eigenvalue weighted by Crippen LogP contribution is -2.15. The molecular formula is C22H30N2O3. The van der Waals surface area contributed by atoms with Crippen molar-refractivity contribution < 1.29 is 14.3 Å². The summed E-state index contributed by atoms with van der Waals surface area (Å²) in [6, 6.07) is 7.13. The lowest BCUT2D eigenvalue weighted by Gasteiger charge is -2.20. The molecule has 2 rings (SSSR count). The van der Waals surface area contributed by atoms with Gasteiger partial charge in [-0.1, -0.05) is 39.8 Å². The minimum absolute atomic E-state index is 0.191. The Bertz CT molecular complexity index is 840. The van der Waals surface area contributed by atoms with Gasteiger partial charge in [-0.3, -0.25) is 4.79 Å². The topological polar surface area (TPSA) is 74.3 Å². The Morgan fingerprint density at radius 2 is 1.74 bits per heavy atom. The number of ether oxygens (including phenoxy) is 1. The Hall–Kier alpha value is -2.56. The Morgan fingerprint density at radius 1 is 1.15 bits per heavy atom. The van der Waals surface area contributed by atoms with Crippen molar-refractivity contribution in [3.05, 3.63) is 46.8 Å². The Balaban J connectivity index is 2.60. The number of methoxy groups -OCH3 is 1. The number of benzene rings is 1. The largest absolute Gasteiger partial charge is 0.465 e. The van der Waals surface area contributed by atoms with Gasteiger partial charge in [-0.2, -0.15) is 0 Å². The van der Waals surface area contributed by atoms with Crippen LogP contribution >= 0.6 is 0 Å². The summed E-state index contributed by atoms with van der Waals surface area (Å²) in [5.74, 6) is -0.810. The standard InChI is InChI=1S/C22H30N2O3/c1-7-17-19(15-8-10-16(11-9-15)21(26)27-6)18(20(23)25)14(2)24(17)13-12-22(3,4)5/h8-11H,7,12-13H2,1-6H3,(H2,23,25). The van der Waals surface area contributed by atoms with Gasteiger partial charge in [0.1, 0.15) is 0 Å². The van der Waals surface area contributed by atoms with Crippen LogP contribution in [0.5, 0.6) is 0 Å². The first-order valence-corrected chi connectivity index (χ1v) is 9.31. The maximum Gasteiger partial charge on any atom is 0.337 e. The molecule has 1 amide bonds. The number of rotatable bonds is 6. The molecule has 0 saturated heterocycles. The van der Waals surface area contributed by atoms with Crippen molar-refractivity contribution in [1.82, 2.24) is 4.57 Å². The lowest BCUT2D eigenvalue weighted by atomic mass is 9.92. The van der Waals surface area contributed by atoms with Gasteiger partial charge in [0.25, 0.3) is 5.91 Å². The van der Waals surface area contributed by atoms with Crippen molar-refractivity contribution in [3.8, 4) is 11.1 Å².